The van der Waals surface area contributed by atoms with Crippen LogP contribution in [-0.2, 0) is 16.6 Å². The molecule has 1 atom stereocenters. The van der Waals surface area contributed by atoms with Gasteiger partial charge in [-0.25, -0.2) is 8.78 Å². The second kappa shape index (κ2) is 6.44. The van der Waals surface area contributed by atoms with E-state index >= 15 is 0 Å². The molecule has 20 heavy (non-hydrogen) atoms. The lowest BCUT2D eigenvalue weighted by Crippen LogP contribution is -2.13. The second-order valence-corrected chi connectivity index (χ2v) is 6.61. The molecule has 0 aromatic heterocycles. The van der Waals surface area contributed by atoms with Crippen LogP contribution in [0.2, 0.25) is 0 Å². The summed E-state index contributed by atoms with van der Waals surface area (Å²) in [6, 6.07) is 9.36. The molecule has 0 bridgehead atoms. The van der Waals surface area contributed by atoms with E-state index in [-0.39, 0.29) is 12.0 Å². The molecule has 1 unspecified atom stereocenters. The molecule has 1 aliphatic rings. The average molecular weight is 296 g/mol. The van der Waals surface area contributed by atoms with E-state index in [1.807, 2.05) is 44.2 Å². The molecular formula is C16H18F2OS. The van der Waals surface area contributed by atoms with Crippen LogP contribution in [-0.4, -0.2) is 10.6 Å². The zero-order valence-electron chi connectivity index (χ0n) is 11.7. The van der Waals surface area contributed by atoms with E-state index in [9.17, 15) is 13.0 Å². The van der Waals surface area contributed by atoms with Crippen molar-refractivity contribution in [3.63, 3.8) is 0 Å². The minimum Gasteiger partial charge on any atom is -0.254 e. The third kappa shape index (κ3) is 3.42. The summed E-state index contributed by atoms with van der Waals surface area (Å²) in [6.45, 7) is 3.80. The quantitative estimate of drug-likeness (QED) is 0.743. The van der Waals surface area contributed by atoms with Crippen LogP contribution < -0.4 is 0 Å². The summed E-state index contributed by atoms with van der Waals surface area (Å²) in [5.74, 6) is 0.304. The van der Waals surface area contributed by atoms with Crippen molar-refractivity contribution >= 4 is 10.8 Å². The van der Waals surface area contributed by atoms with Crippen molar-refractivity contribution in [2.45, 2.75) is 38.9 Å². The summed E-state index contributed by atoms with van der Waals surface area (Å²) in [7, 11) is -1.38. The molecule has 0 amide bonds. The third-order valence-corrected chi connectivity index (χ3v) is 5.20. The summed E-state index contributed by atoms with van der Waals surface area (Å²) < 4.78 is 38.7. The van der Waals surface area contributed by atoms with Crippen molar-refractivity contribution in [2.75, 3.05) is 0 Å². The van der Waals surface area contributed by atoms with Crippen molar-refractivity contribution in [3.8, 4) is 0 Å². The molecular weight excluding hydrogens is 278 g/mol. The predicted octanol–water partition coefficient (Wildman–Crippen LogP) is 4.58. The maximum atomic E-state index is 13.2. The van der Waals surface area contributed by atoms with Crippen LogP contribution in [0, 0.1) is 0 Å². The van der Waals surface area contributed by atoms with Gasteiger partial charge in [-0.15, -0.1) is 0 Å². The van der Waals surface area contributed by atoms with Crippen LogP contribution in [0.3, 0.4) is 0 Å². The molecule has 2 rings (SSSR count). The Hall–Kier alpha value is -1.29. The Morgan fingerprint density at radius 3 is 2.30 bits per heavy atom. The maximum Gasteiger partial charge on any atom is 0.261 e. The molecule has 0 N–H and O–H groups in total. The van der Waals surface area contributed by atoms with Crippen LogP contribution >= 0.6 is 0 Å². The fourth-order valence-corrected chi connectivity index (χ4v) is 3.78. The van der Waals surface area contributed by atoms with E-state index in [0.717, 1.165) is 16.7 Å². The minimum absolute atomic E-state index is 0.0577. The highest BCUT2D eigenvalue weighted by Gasteiger charge is 2.25. The Morgan fingerprint density at radius 2 is 1.70 bits per heavy atom. The maximum absolute atomic E-state index is 13.2. The highest BCUT2D eigenvalue weighted by Crippen LogP contribution is 2.35. The van der Waals surface area contributed by atoms with Crippen molar-refractivity contribution in [1.82, 2.24) is 0 Å². The van der Waals surface area contributed by atoms with Gasteiger partial charge in [0.1, 0.15) is 0 Å². The zero-order valence-corrected chi connectivity index (χ0v) is 12.5. The topological polar surface area (TPSA) is 17.1 Å². The van der Waals surface area contributed by atoms with Gasteiger partial charge < -0.3 is 0 Å². The highest BCUT2D eigenvalue weighted by molar-refractivity contribution is 7.88. The first-order valence-corrected chi connectivity index (χ1v) is 7.88. The molecule has 0 fully saturated rings. The molecule has 4 heteroatoms. The van der Waals surface area contributed by atoms with Gasteiger partial charge in [-0.2, -0.15) is 0 Å². The van der Waals surface area contributed by atoms with Crippen LogP contribution in [0.4, 0.5) is 8.78 Å². The SMILES string of the molecule is CC1=C(C)CC(S(=O)Cc2ccccc2)=C(C(F)F)C1. The van der Waals surface area contributed by atoms with E-state index in [1.54, 1.807) is 0 Å². The average Bonchev–Trinajstić information content (AvgIpc) is 2.42. The van der Waals surface area contributed by atoms with Crippen molar-refractivity contribution in [3.05, 3.63) is 57.5 Å². The molecule has 0 radical (unpaired) electrons. The van der Waals surface area contributed by atoms with Gasteiger partial charge >= 0.3 is 0 Å². The smallest absolute Gasteiger partial charge is 0.254 e. The number of benzene rings is 1. The van der Waals surface area contributed by atoms with Gasteiger partial charge in [0, 0.05) is 16.9 Å². The van der Waals surface area contributed by atoms with Gasteiger partial charge in [0.25, 0.3) is 6.43 Å². The van der Waals surface area contributed by atoms with E-state index < -0.39 is 17.2 Å². The Labute approximate surface area is 120 Å². The molecule has 0 aliphatic heterocycles. The van der Waals surface area contributed by atoms with Gasteiger partial charge in [0.2, 0.25) is 0 Å². The standard InChI is InChI=1S/C16H18F2OS/c1-11-8-14(16(17)18)15(9-12(11)2)20(19)10-13-6-4-3-5-7-13/h3-7,16H,8-10H2,1-2H3. The van der Waals surface area contributed by atoms with Crippen molar-refractivity contribution in [1.29, 1.82) is 0 Å². The molecule has 1 aliphatic carbocycles. The number of hydrogen-bond donors (Lipinski definition) is 0. The number of halogens is 2. The molecule has 1 nitrogen and oxygen atoms in total. The van der Waals surface area contributed by atoms with E-state index in [2.05, 4.69) is 0 Å². The predicted molar refractivity (Wildman–Crippen MR) is 78.9 cm³/mol. The summed E-state index contributed by atoms with van der Waals surface area (Å²) in [6.07, 6.45) is -1.86. The fraction of sp³-hybridized carbons (Fsp3) is 0.375. The van der Waals surface area contributed by atoms with Crippen LogP contribution in [0.15, 0.2) is 52.0 Å². The molecule has 1 aromatic carbocycles. The van der Waals surface area contributed by atoms with Crippen LogP contribution in [0.25, 0.3) is 0 Å². The number of hydrogen-bond acceptors (Lipinski definition) is 1. The third-order valence-electron chi connectivity index (χ3n) is 3.65. The Morgan fingerprint density at radius 1 is 1.10 bits per heavy atom. The fourth-order valence-electron chi connectivity index (χ4n) is 2.28. The number of alkyl halides is 2. The summed E-state index contributed by atoms with van der Waals surface area (Å²) >= 11 is 0. The molecule has 1 aromatic rings. The molecule has 0 heterocycles. The Bertz CT molecular complexity index is 573. The van der Waals surface area contributed by atoms with Crippen molar-refractivity contribution < 1.29 is 13.0 Å². The summed E-state index contributed by atoms with van der Waals surface area (Å²) in [5.41, 5.74) is 3.00. The molecule has 0 saturated carbocycles. The number of allylic oxidation sites excluding steroid dienone is 4. The summed E-state index contributed by atoms with van der Waals surface area (Å²) in [5, 5.41) is 0. The van der Waals surface area contributed by atoms with Gasteiger partial charge in [0.15, 0.2) is 0 Å². The summed E-state index contributed by atoms with van der Waals surface area (Å²) in [4.78, 5) is 0.423. The van der Waals surface area contributed by atoms with Gasteiger partial charge in [-0.3, -0.25) is 4.21 Å². The lowest BCUT2D eigenvalue weighted by molar-refractivity contribution is 0.185. The lowest BCUT2D eigenvalue weighted by atomic mass is 9.93. The molecule has 0 saturated heterocycles. The Kier molecular flexibility index (Phi) is 4.86. The normalized spacial score (nSPS) is 17.9. The Balaban J connectivity index is 2.24. The lowest BCUT2D eigenvalue weighted by Gasteiger charge is -2.22. The minimum atomic E-state index is -2.52. The van der Waals surface area contributed by atoms with Gasteiger partial charge in [-0.1, -0.05) is 41.5 Å². The first-order chi connectivity index (χ1) is 9.49. The largest absolute Gasteiger partial charge is 0.261 e. The highest BCUT2D eigenvalue weighted by atomic mass is 32.2. The van der Waals surface area contributed by atoms with Crippen molar-refractivity contribution in [2.24, 2.45) is 0 Å². The van der Waals surface area contributed by atoms with Crippen LogP contribution in [0.5, 0.6) is 0 Å². The first-order valence-electron chi connectivity index (χ1n) is 6.56. The molecule has 108 valence electrons. The zero-order chi connectivity index (χ0) is 14.7. The number of rotatable bonds is 4. The first kappa shape index (κ1) is 15.1. The molecule has 0 spiro atoms. The van der Waals surface area contributed by atoms with Crippen LogP contribution in [0.1, 0.15) is 32.3 Å². The van der Waals surface area contributed by atoms with Gasteiger partial charge in [-0.05, 0) is 25.8 Å². The van der Waals surface area contributed by atoms with Gasteiger partial charge in [0.05, 0.1) is 16.6 Å². The van der Waals surface area contributed by atoms with E-state index in [0.29, 0.717) is 17.1 Å². The van der Waals surface area contributed by atoms with E-state index in [1.165, 1.54) is 0 Å². The monoisotopic (exact) mass is 296 g/mol. The second-order valence-electron chi connectivity index (χ2n) is 5.14. The van der Waals surface area contributed by atoms with E-state index in [4.69, 9.17) is 0 Å².